The number of hydrogen-bond acceptors (Lipinski definition) is 1. The fraction of sp³-hybridized carbons (Fsp3) is 0.0303. The lowest BCUT2D eigenvalue weighted by molar-refractivity contribution is 0.767. The molecule has 0 aliphatic heterocycles. The van der Waals surface area contributed by atoms with Crippen molar-refractivity contribution in [1.29, 1.82) is 0 Å². The first-order chi connectivity index (χ1) is 36.1. The molecule has 1 heteroatoms. The second-order valence-electron chi connectivity index (χ2n) is 17.4. The molecule has 0 N–H and O–H groups in total. The first kappa shape index (κ1) is 32.2. The fourth-order valence-corrected chi connectivity index (χ4v) is 11.4. The van der Waals surface area contributed by atoms with Crippen molar-refractivity contribution in [3.8, 4) is 33.4 Å². The van der Waals surface area contributed by atoms with Gasteiger partial charge in [-0.3, -0.25) is 0 Å². The summed E-state index contributed by atoms with van der Waals surface area (Å²) in [6.45, 7) is 0. The number of nitrogens with zero attached hydrogens (tertiary/aromatic N) is 1. The van der Waals surface area contributed by atoms with Crippen molar-refractivity contribution < 1.29 is 9.60 Å². The van der Waals surface area contributed by atoms with E-state index in [1.807, 2.05) is 24.3 Å². The molecular weight excluding hydrogens is 807 g/mol. The summed E-state index contributed by atoms with van der Waals surface area (Å²) in [5.74, 6) is 0. The molecule has 2 aliphatic carbocycles. The Labute approximate surface area is 402 Å². The molecule has 13 rings (SSSR count). The summed E-state index contributed by atoms with van der Waals surface area (Å²) in [6.07, 6.45) is 0. The molecule has 0 aromatic heterocycles. The molecule has 11 aromatic carbocycles. The van der Waals surface area contributed by atoms with E-state index in [0.717, 1.165) is 61.6 Å². The van der Waals surface area contributed by atoms with Gasteiger partial charge in [-0.15, -0.1) is 0 Å². The minimum absolute atomic E-state index is 0.0549. The number of anilines is 3. The van der Waals surface area contributed by atoms with Gasteiger partial charge in [-0.25, -0.2) is 0 Å². The topological polar surface area (TPSA) is 3.24 Å². The van der Waals surface area contributed by atoms with Gasteiger partial charge in [0.15, 0.2) is 0 Å². The van der Waals surface area contributed by atoms with Crippen molar-refractivity contribution in [2.24, 2.45) is 0 Å². The molecule has 0 atom stereocenters. The van der Waals surface area contributed by atoms with E-state index >= 15 is 0 Å². The Balaban J connectivity index is 1.09. The molecule has 0 saturated heterocycles. The van der Waals surface area contributed by atoms with Gasteiger partial charge in [-0.05, 0) is 125 Å². The zero-order valence-corrected chi connectivity index (χ0v) is 36.4. The number of rotatable bonds is 8. The van der Waals surface area contributed by atoms with Crippen LogP contribution in [0.2, 0.25) is 0 Å². The summed E-state index contributed by atoms with van der Waals surface area (Å²) in [4.78, 5) is 2.28. The first-order valence-corrected chi connectivity index (χ1v) is 22.8. The molecule has 67 heavy (non-hydrogen) atoms. The molecule has 0 amide bonds. The van der Waals surface area contributed by atoms with E-state index in [4.69, 9.17) is 8.22 Å². The maximum absolute atomic E-state index is 9.19. The monoisotopic (exact) mass is 858 g/mol. The quantitative estimate of drug-likeness (QED) is 0.147. The first-order valence-electron chi connectivity index (χ1n) is 26.3. The summed E-state index contributed by atoms with van der Waals surface area (Å²) in [6, 6.07) is 79.0. The molecule has 0 bridgehead atoms. The molecular formula is C66H45N. The highest BCUT2D eigenvalue weighted by Crippen LogP contribution is 2.59. The maximum atomic E-state index is 9.19. The third kappa shape index (κ3) is 5.81. The lowest BCUT2D eigenvalue weighted by atomic mass is 9.67. The van der Waals surface area contributed by atoms with Crippen LogP contribution in [0.25, 0.3) is 44.2 Å². The van der Waals surface area contributed by atoms with Gasteiger partial charge in [0.1, 0.15) is 0 Å². The zero-order valence-electron chi connectivity index (χ0n) is 43.4. The van der Waals surface area contributed by atoms with Crippen LogP contribution in [0.15, 0.2) is 273 Å². The van der Waals surface area contributed by atoms with E-state index in [-0.39, 0.29) is 28.4 Å². The molecule has 0 radical (unpaired) electrons. The minimum Gasteiger partial charge on any atom is -0.310 e. The number of fused-ring (bicyclic) bond motifs is 7. The van der Waals surface area contributed by atoms with Gasteiger partial charge >= 0.3 is 0 Å². The van der Waals surface area contributed by atoms with Crippen molar-refractivity contribution in [2.45, 2.75) is 10.8 Å². The van der Waals surface area contributed by atoms with Gasteiger partial charge in [0.05, 0.1) is 20.4 Å². The Morgan fingerprint density at radius 3 is 1.16 bits per heavy atom. The molecule has 11 aromatic rings. The Kier molecular flexibility index (Phi) is 7.49. The van der Waals surface area contributed by atoms with Gasteiger partial charge in [-0.1, -0.05) is 236 Å². The van der Waals surface area contributed by atoms with Crippen molar-refractivity contribution in [1.82, 2.24) is 0 Å². The lowest BCUT2D eigenvalue weighted by Gasteiger charge is -2.36. The van der Waals surface area contributed by atoms with E-state index in [9.17, 15) is 1.37 Å². The van der Waals surface area contributed by atoms with Crippen molar-refractivity contribution in [3.05, 3.63) is 317 Å². The second kappa shape index (κ2) is 15.6. The minimum atomic E-state index is -0.667. The molecule has 0 fully saturated rings. The molecule has 0 heterocycles. The summed E-state index contributed by atoms with van der Waals surface area (Å²) < 4.78 is 61.6. The maximum Gasteiger partial charge on any atom is 0.0714 e. The van der Waals surface area contributed by atoms with Crippen LogP contribution in [0.3, 0.4) is 0 Å². The Morgan fingerprint density at radius 2 is 0.687 bits per heavy atom. The second-order valence-corrected chi connectivity index (χ2v) is 17.4. The smallest absolute Gasteiger partial charge is 0.0714 e. The highest BCUT2D eigenvalue weighted by Gasteiger charge is 2.48. The van der Waals surface area contributed by atoms with Crippen LogP contribution in [0.1, 0.15) is 54.1 Å². The predicted molar refractivity (Wildman–Crippen MR) is 279 cm³/mol. The van der Waals surface area contributed by atoms with Gasteiger partial charge < -0.3 is 4.90 Å². The third-order valence-corrected chi connectivity index (χ3v) is 14.1. The highest BCUT2D eigenvalue weighted by atomic mass is 15.1. The van der Waals surface area contributed by atoms with Crippen LogP contribution < -0.4 is 4.90 Å². The van der Waals surface area contributed by atoms with Crippen LogP contribution in [-0.2, 0) is 10.8 Å². The van der Waals surface area contributed by atoms with Crippen LogP contribution in [-0.4, -0.2) is 0 Å². The standard InChI is InChI=1S/C66H45N/c1-5-22-48(23-6-1)65(49-24-7-2-8-25-49)61-34-17-15-31-57(61)59-42-40-53(44-63(59)65)67(52-38-36-47(37-39-52)56-33-19-21-46-20-13-14-30-55(46)56)54-41-43-60-58-32-16-18-35-62(58)66(64(60)45-54,50-26-9-3-10-27-50)51-28-11-4-12-29-51/h1-45H/i13D,14D,19D,20D,21D,30D,33D. The largest absolute Gasteiger partial charge is 0.310 e. The van der Waals surface area contributed by atoms with Crippen molar-refractivity contribution in [3.63, 3.8) is 0 Å². The molecule has 2 aliphatic rings. The van der Waals surface area contributed by atoms with Crippen LogP contribution >= 0.6 is 0 Å². The van der Waals surface area contributed by atoms with Crippen molar-refractivity contribution in [2.75, 3.05) is 4.90 Å². The average molecular weight is 859 g/mol. The summed E-state index contributed by atoms with van der Waals surface area (Å²) in [5.41, 5.74) is 15.9. The number of hydrogen-bond donors (Lipinski definition) is 0. The van der Waals surface area contributed by atoms with Crippen molar-refractivity contribution >= 4 is 27.8 Å². The Bertz CT molecular complexity index is 3760. The van der Waals surface area contributed by atoms with E-state index in [2.05, 4.69) is 211 Å². The van der Waals surface area contributed by atoms with Gasteiger partial charge in [0, 0.05) is 17.1 Å². The lowest BCUT2D eigenvalue weighted by Crippen LogP contribution is -2.29. The summed E-state index contributed by atoms with van der Waals surface area (Å²) in [7, 11) is 0. The van der Waals surface area contributed by atoms with Gasteiger partial charge in [-0.2, -0.15) is 0 Å². The molecule has 1 nitrogen and oxygen atoms in total. The van der Waals surface area contributed by atoms with E-state index in [1.165, 1.54) is 22.3 Å². The average Bonchev–Trinajstić information content (AvgIpc) is 3.95. The molecule has 0 spiro atoms. The molecule has 0 unspecified atom stereocenters. The fourth-order valence-electron chi connectivity index (χ4n) is 11.4. The van der Waals surface area contributed by atoms with E-state index < -0.39 is 41.0 Å². The molecule has 314 valence electrons. The van der Waals surface area contributed by atoms with E-state index in [0.29, 0.717) is 5.56 Å². The highest BCUT2D eigenvalue weighted by molar-refractivity contribution is 5.97. The van der Waals surface area contributed by atoms with Gasteiger partial charge in [0.2, 0.25) is 0 Å². The Morgan fingerprint density at radius 1 is 0.299 bits per heavy atom. The number of benzene rings is 11. The van der Waals surface area contributed by atoms with Crippen LogP contribution in [0, 0.1) is 0 Å². The summed E-state index contributed by atoms with van der Waals surface area (Å²) in [5, 5.41) is -0.0177. The zero-order chi connectivity index (χ0) is 50.5. The SMILES string of the molecule is [2H]c1c([2H])c([2H])c2c(-c3ccc(N(c4ccc5c(c4)C(c4ccccc4)(c4ccccc4)c4ccccc4-5)c4ccc5c(c4)C(c4ccccc4)(c4ccccc4)c4ccccc4-5)cc3)c([2H])c([2H])c([2H])c2c1[2H]. The normalized spacial score (nSPS) is 15.1. The Hall–Kier alpha value is -8.52. The van der Waals surface area contributed by atoms with E-state index in [1.54, 1.807) is 0 Å². The van der Waals surface area contributed by atoms with Crippen LogP contribution in [0.5, 0.6) is 0 Å². The molecule has 0 saturated carbocycles. The summed E-state index contributed by atoms with van der Waals surface area (Å²) >= 11 is 0. The van der Waals surface area contributed by atoms with Gasteiger partial charge in [0.25, 0.3) is 0 Å². The predicted octanol–water partition coefficient (Wildman–Crippen LogP) is 16.7. The van der Waals surface area contributed by atoms with Crippen LogP contribution in [0.4, 0.5) is 17.1 Å². The third-order valence-electron chi connectivity index (χ3n) is 14.1.